The van der Waals surface area contributed by atoms with Crippen molar-refractivity contribution in [2.24, 2.45) is 0 Å². The van der Waals surface area contributed by atoms with Crippen LogP contribution in [0.2, 0.25) is 0 Å². The molecule has 25 heavy (non-hydrogen) atoms. The third-order valence-electron chi connectivity index (χ3n) is 4.90. The minimum absolute atomic E-state index is 0.0192. The molecule has 0 bridgehead atoms. The van der Waals surface area contributed by atoms with E-state index in [0.717, 1.165) is 28.7 Å². The Kier molecular flexibility index (Phi) is 3.10. The summed E-state index contributed by atoms with van der Waals surface area (Å²) in [6, 6.07) is 16.4. The summed E-state index contributed by atoms with van der Waals surface area (Å²) >= 11 is 0. The van der Waals surface area contributed by atoms with Crippen LogP contribution in [0.5, 0.6) is 0 Å². The van der Waals surface area contributed by atoms with Gasteiger partial charge in [-0.25, -0.2) is 4.79 Å². The molecule has 1 aromatic heterocycles. The van der Waals surface area contributed by atoms with Crippen molar-refractivity contribution in [2.75, 3.05) is 22.9 Å². The standard InChI is InChI=1S/C21H17N3O/c25-21-23(18-8-7-15-3-1-2-4-17(15)13-18)11-12-24(21)20-14-22-10-9-19(20)16-5-6-16/h1-5,7-10,13-14H,6,11-12H2. The molecular weight excluding hydrogens is 310 g/mol. The van der Waals surface area contributed by atoms with Crippen LogP contribution in [-0.2, 0) is 0 Å². The van der Waals surface area contributed by atoms with Crippen molar-refractivity contribution < 1.29 is 4.79 Å². The summed E-state index contributed by atoms with van der Waals surface area (Å²) < 4.78 is 0. The van der Waals surface area contributed by atoms with E-state index in [1.165, 1.54) is 11.0 Å². The highest BCUT2D eigenvalue weighted by molar-refractivity contribution is 6.08. The minimum atomic E-state index is 0.0192. The molecule has 2 heterocycles. The first kappa shape index (κ1) is 14.2. The van der Waals surface area contributed by atoms with Crippen LogP contribution in [0.3, 0.4) is 0 Å². The zero-order chi connectivity index (χ0) is 16.8. The van der Waals surface area contributed by atoms with Crippen LogP contribution in [0.4, 0.5) is 16.2 Å². The first-order chi connectivity index (χ1) is 12.3. The van der Waals surface area contributed by atoms with Gasteiger partial charge in [0.05, 0.1) is 11.9 Å². The molecule has 4 nitrogen and oxygen atoms in total. The number of rotatable bonds is 3. The summed E-state index contributed by atoms with van der Waals surface area (Å²) in [7, 11) is 0. The monoisotopic (exact) mass is 327 g/mol. The van der Waals surface area contributed by atoms with Gasteiger partial charge < -0.3 is 0 Å². The lowest BCUT2D eigenvalue weighted by Gasteiger charge is -2.20. The number of fused-ring (bicyclic) bond motifs is 1. The van der Waals surface area contributed by atoms with Crippen LogP contribution < -0.4 is 9.80 Å². The third-order valence-corrected chi connectivity index (χ3v) is 4.90. The highest BCUT2D eigenvalue weighted by atomic mass is 16.2. The van der Waals surface area contributed by atoms with Crippen LogP contribution in [0, 0.1) is 0 Å². The maximum atomic E-state index is 13.0. The smallest absolute Gasteiger partial charge is 0.292 e. The largest absolute Gasteiger partial charge is 0.329 e. The maximum Gasteiger partial charge on any atom is 0.329 e. The van der Waals surface area contributed by atoms with Crippen LogP contribution in [-0.4, -0.2) is 24.1 Å². The number of carbonyl (C=O) groups excluding carboxylic acids is 1. The second-order valence-electron chi connectivity index (χ2n) is 6.44. The number of pyridine rings is 1. The normalized spacial score (nSPS) is 16.5. The summed E-state index contributed by atoms with van der Waals surface area (Å²) in [6.07, 6.45) is 6.78. The van der Waals surface area contributed by atoms with E-state index in [1.54, 1.807) is 12.4 Å². The van der Waals surface area contributed by atoms with E-state index in [-0.39, 0.29) is 6.03 Å². The van der Waals surface area contributed by atoms with E-state index < -0.39 is 0 Å². The Morgan fingerprint density at radius 3 is 2.56 bits per heavy atom. The van der Waals surface area contributed by atoms with Gasteiger partial charge in [0.1, 0.15) is 0 Å². The fourth-order valence-corrected chi connectivity index (χ4v) is 3.49. The van der Waals surface area contributed by atoms with Crippen molar-refractivity contribution in [3.63, 3.8) is 0 Å². The SMILES string of the molecule is O=C1N(c2ccc3ccccc3c2)CCN1c1cnccc1C1=CC1. The lowest BCUT2D eigenvalue weighted by Crippen LogP contribution is -2.32. The summed E-state index contributed by atoms with van der Waals surface area (Å²) in [5.74, 6) is 0. The van der Waals surface area contributed by atoms with Crippen LogP contribution in [0.15, 0.2) is 67.0 Å². The van der Waals surface area contributed by atoms with E-state index in [1.807, 2.05) is 34.1 Å². The quantitative estimate of drug-likeness (QED) is 0.712. The number of hydrogen-bond donors (Lipinski definition) is 0. The average molecular weight is 327 g/mol. The molecule has 0 unspecified atom stereocenters. The van der Waals surface area contributed by atoms with Gasteiger partial charge in [-0.1, -0.05) is 36.4 Å². The Balaban J connectivity index is 1.49. The van der Waals surface area contributed by atoms with Gasteiger partial charge >= 0.3 is 6.03 Å². The first-order valence-corrected chi connectivity index (χ1v) is 8.52. The first-order valence-electron chi connectivity index (χ1n) is 8.52. The maximum absolute atomic E-state index is 13.0. The van der Waals surface area contributed by atoms with Gasteiger partial charge in [-0.15, -0.1) is 0 Å². The molecule has 122 valence electrons. The topological polar surface area (TPSA) is 36.4 Å². The third kappa shape index (κ3) is 2.38. The van der Waals surface area contributed by atoms with Crippen LogP contribution in [0.1, 0.15) is 12.0 Å². The molecule has 2 aliphatic rings. The number of aromatic nitrogens is 1. The number of nitrogens with zero attached hydrogens (tertiary/aromatic N) is 3. The van der Waals surface area contributed by atoms with Gasteiger partial charge in [0.25, 0.3) is 0 Å². The molecule has 0 radical (unpaired) electrons. The molecule has 0 saturated carbocycles. The van der Waals surface area contributed by atoms with Crippen molar-refractivity contribution in [3.8, 4) is 0 Å². The van der Waals surface area contributed by atoms with Gasteiger partial charge in [0.2, 0.25) is 0 Å². The molecule has 2 aromatic carbocycles. The Morgan fingerprint density at radius 2 is 1.72 bits per heavy atom. The van der Waals surface area contributed by atoms with Crippen molar-refractivity contribution in [3.05, 3.63) is 72.6 Å². The second-order valence-corrected chi connectivity index (χ2v) is 6.44. The molecule has 3 aromatic rings. The highest BCUT2D eigenvalue weighted by Crippen LogP contribution is 2.38. The highest BCUT2D eigenvalue weighted by Gasteiger charge is 2.33. The van der Waals surface area contributed by atoms with E-state index in [2.05, 4.69) is 35.3 Å². The summed E-state index contributed by atoms with van der Waals surface area (Å²) in [4.78, 5) is 21.0. The molecule has 1 aliphatic heterocycles. The molecular formula is C21H17N3O. The zero-order valence-corrected chi connectivity index (χ0v) is 13.7. The lowest BCUT2D eigenvalue weighted by atomic mass is 10.1. The van der Waals surface area contributed by atoms with Crippen molar-refractivity contribution >= 4 is 33.8 Å². The molecule has 1 saturated heterocycles. The average Bonchev–Trinajstić information content (AvgIpc) is 3.44. The fourth-order valence-electron chi connectivity index (χ4n) is 3.49. The van der Waals surface area contributed by atoms with Gasteiger partial charge in [-0.3, -0.25) is 14.8 Å². The molecule has 0 atom stereocenters. The van der Waals surface area contributed by atoms with Crippen LogP contribution in [0.25, 0.3) is 16.3 Å². The summed E-state index contributed by atoms with van der Waals surface area (Å²) in [5.41, 5.74) is 4.29. The van der Waals surface area contributed by atoms with Gasteiger partial charge in [0.15, 0.2) is 0 Å². The van der Waals surface area contributed by atoms with Crippen molar-refractivity contribution in [2.45, 2.75) is 6.42 Å². The fraction of sp³-hybridized carbons (Fsp3) is 0.143. The number of benzene rings is 2. The molecule has 0 N–H and O–H groups in total. The molecule has 5 rings (SSSR count). The Labute approximate surface area is 146 Å². The van der Waals surface area contributed by atoms with Crippen LogP contribution >= 0.6 is 0 Å². The van der Waals surface area contributed by atoms with Crippen molar-refractivity contribution in [1.82, 2.24) is 4.98 Å². The van der Waals surface area contributed by atoms with E-state index >= 15 is 0 Å². The summed E-state index contributed by atoms with van der Waals surface area (Å²) in [6.45, 7) is 1.36. The van der Waals surface area contributed by atoms with Gasteiger partial charge in [-0.2, -0.15) is 0 Å². The predicted octanol–water partition coefficient (Wildman–Crippen LogP) is 4.47. The van der Waals surface area contributed by atoms with E-state index in [0.29, 0.717) is 13.1 Å². The summed E-state index contributed by atoms with van der Waals surface area (Å²) in [5, 5.41) is 2.33. The van der Waals surface area contributed by atoms with E-state index in [9.17, 15) is 4.79 Å². The number of amides is 2. The molecule has 1 fully saturated rings. The number of hydrogen-bond acceptors (Lipinski definition) is 2. The number of anilines is 2. The minimum Gasteiger partial charge on any atom is -0.292 e. The van der Waals surface area contributed by atoms with E-state index in [4.69, 9.17) is 0 Å². The second kappa shape index (κ2) is 5.45. The Morgan fingerprint density at radius 1 is 0.920 bits per heavy atom. The van der Waals surface area contributed by atoms with Gasteiger partial charge in [-0.05, 0) is 41.0 Å². The Bertz CT molecular complexity index is 1020. The lowest BCUT2D eigenvalue weighted by molar-refractivity contribution is 0.256. The number of urea groups is 1. The molecule has 4 heteroatoms. The molecule has 2 amide bonds. The Hall–Kier alpha value is -3.14. The predicted molar refractivity (Wildman–Crippen MR) is 101 cm³/mol. The zero-order valence-electron chi connectivity index (χ0n) is 13.7. The van der Waals surface area contributed by atoms with Crippen molar-refractivity contribution in [1.29, 1.82) is 0 Å². The number of allylic oxidation sites excluding steroid dienone is 2. The molecule has 1 aliphatic carbocycles. The van der Waals surface area contributed by atoms with Gasteiger partial charge in [0, 0.05) is 30.5 Å². The number of carbonyl (C=O) groups is 1. The molecule has 0 spiro atoms.